The van der Waals surface area contributed by atoms with E-state index in [1.807, 2.05) is 12.1 Å². The number of carbonyl (C=O) groups is 2. The Bertz CT molecular complexity index is 932. The molecule has 2 saturated heterocycles. The van der Waals surface area contributed by atoms with Crippen molar-refractivity contribution in [2.45, 2.75) is 44.7 Å². The fourth-order valence-corrected chi connectivity index (χ4v) is 5.66. The Morgan fingerprint density at radius 1 is 1.48 bits per heavy atom. The van der Waals surface area contributed by atoms with E-state index in [0.717, 1.165) is 31.6 Å². The van der Waals surface area contributed by atoms with Gasteiger partial charge in [-0.05, 0) is 43.7 Å². The predicted octanol–water partition coefficient (Wildman–Crippen LogP) is 3.14. The lowest BCUT2D eigenvalue weighted by Gasteiger charge is -2.45. The van der Waals surface area contributed by atoms with Crippen molar-refractivity contribution in [1.29, 1.82) is 5.26 Å². The molecular formula is C23H27N3O3. The second kappa shape index (κ2) is 7.31. The van der Waals surface area contributed by atoms with Gasteiger partial charge in [0.05, 0.1) is 30.6 Å². The molecule has 3 heterocycles. The largest absolute Gasteiger partial charge is 0.504 e. The van der Waals surface area contributed by atoms with Crippen LogP contribution in [0.25, 0.3) is 0 Å². The van der Waals surface area contributed by atoms with Crippen LogP contribution in [-0.4, -0.2) is 48.2 Å². The Balaban J connectivity index is 1.72. The Kier molecular flexibility index (Phi) is 4.95. The van der Waals surface area contributed by atoms with Crippen molar-refractivity contribution in [2.24, 2.45) is 11.8 Å². The van der Waals surface area contributed by atoms with Crippen LogP contribution < -0.4 is 5.32 Å². The van der Waals surface area contributed by atoms with E-state index < -0.39 is 5.54 Å². The number of ketones is 2. The molecule has 6 heteroatoms. The van der Waals surface area contributed by atoms with E-state index in [1.165, 1.54) is 0 Å². The van der Waals surface area contributed by atoms with Crippen LogP contribution in [0, 0.1) is 23.2 Å². The highest BCUT2D eigenvalue weighted by molar-refractivity contribution is 6.15. The highest BCUT2D eigenvalue weighted by Crippen LogP contribution is 2.49. The summed E-state index contributed by atoms with van der Waals surface area (Å²) in [5.74, 6) is 0.449. The van der Waals surface area contributed by atoms with Crippen LogP contribution in [0.15, 0.2) is 30.0 Å². The van der Waals surface area contributed by atoms with Crippen LogP contribution >= 0.6 is 0 Å². The molecule has 3 aliphatic rings. The van der Waals surface area contributed by atoms with Gasteiger partial charge in [0.2, 0.25) is 0 Å². The summed E-state index contributed by atoms with van der Waals surface area (Å²) in [6.07, 6.45) is 3.99. The van der Waals surface area contributed by atoms with Gasteiger partial charge in [0, 0.05) is 30.4 Å². The van der Waals surface area contributed by atoms with Gasteiger partial charge in [-0.15, -0.1) is 0 Å². The number of allylic oxidation sites excluding steroid dienone is 1. The molecule has 0 saturated carbocycles. The highest BCUT2D eigenvalue weighted by atomic mass is 16.5. The lowest BCUT2D eigenvalue weighted by atomic mass is 9.71. The van der Waals surface area contributed by atoms with Crippen molar-refractivity contribution in [3.05, 3.63) is 41.2 Å². The molecule has 1 aromatic carbocycles. The number of ether oxygens (including phenoxy) is 1. The molecule has 1 spiro atoms. The number of anilines is 1. The van der Waals surface area contributed by atoms with E-state index in [0.29, 0.717) is 29.0 Å². The molecule has 6 nitrogen and oxygen atoms in total. The van der Waals surface area contributed by atoms with Crippen molar-refractivity contribution < 1.29 is 14.3 Å². The van der Waals surface area contributed by atoms with Crippen molar-refractivity contribution in [3.63, 3.8) is 0 Å². The maximum Gasteiger partial charge on any atom is 0.193 e. The van der Waals surface area contributed by atoms with Gasteiger partial charge in [0.15, 0.2) is 11.6 Å². The van der Waals surface area contributed by atoms with Gasteiger partial charge in [0.25, 0.3) is 0 Å². The third-order valence-electron chi connectivity index (χ3n) is 7.07. The monoisotopic (exact) mass is 393 g/mol. The molecule has 1 aromatic rings. The normalized spacial score (nSPS) is 31.2. The van der Waals surface area contributed by atoms with E-state index >= 15 is 0 Å². The summed E-state index contributed by atoms with van der Waals surface area (Å²) in [5.41, 5.74) is 1.69. The third kappa shape index (κ3) is 2.87. The molecule has 4 atom stereocenters. The zero-order valence-corrected chi connectivity index (χ0v) is 17.2. The maximum absolute atomic E-state index is 13.6. The summed E-state index contributed by atoms with van der Waals surface area (Å²) in [6.45, 7) is 5.44. The number of carbonyl (C=O) groups excluding carboxylic acids is 2. The number of nitriles is 1. The van der Waals surface area contributed by atoms with Crippen molar-refractivity contribution in [3.8, 4) is 6.07 Å². The minimum atomic E-state index is -0.721. The SMILES string of the molecule is CC[C@@H]1CN2CC[C@]3(Nc4cccc(C#N)c4C3=O)C2C[C@@H]1/C(=C\OC)C(C)=O. The topological polar surface area (TPSA) is 82.4 Å². The van der Waals surface area contributed by atoms with Crippen LogP contribution in [0.5, 0.6) is 0 Å². The van der Waals surface area contributed by atoms with Gasteiger partial charge >= 0.3 is 0 Å². The lowest BCUT2D eigenvalue weighted by Crippen LogP contribution is -2.57. The summed E-state index contributed by atoms with van der Waals surface area (Å²) in [7, 11) is 1.57. The zero-order chi connectivity index (χ0) is 20.8. The Hall–Kier alpha value is -2.65. The van der Waals surface area contributed by atoms with Crippen molar-refractivity contribution >= 4 is 17.3 Å². The van der Waals surface area contributed by atoms with Gasteiger partial charge in [-0.3, -0.25) is 14.5 Å². The van der Waals surface area contributed by atoms with Crippen LogP contribution in [0.4, 0.5) is 5.69 Å². The van der Waals surface area contributed by atoms with Crippen LogP contribution in [-0.2, 0) is 9.53 Å². The quantitative estimate of drug-likeness (QED) is 0.625. The summed E-state index contributed by atoms with van der Waals surface area (Å²) in [6, 6.07) is 7.55. The molecular weight excluding hydrogens is 366 g/mol. The molecule has 0 amide bonds. The first-order valence-electron chi connectivity index (χ1n) is 10.3. The molecule has 1 N–H and O–H groups in total. The number of nitrogens with zero attached hydrogens (tertiary/aromatic N) is 2. The molecule has 0 radical (unpaired) electrons. The van der Waals surface area contributed by atoms with Crippen LogP contribution in [0.3, 0.4) is 0 Å². The molecule has 0 aliphatic carbocycles. The molecule has 4 rings (SSSR count). The molecule has 152 valence electrons. The summed E-state index contributed by atoms with van der Waals surface area (Å²) in [5, 5.41) is 13.0. The van der Waals surface area contributed by atoms with Gasteiger partial charge in [-0.1, -0.05) is 19.4 Å². The number of piperidine rings is 1. The van der Waals surface area contributed by atoms with E-state index in [9.17, 15) is 14.9 Å². The lowest BCUT2D eigenvalue weighted by molar-refractivity contribution is -0.114. The van der Waals surface area contributed by atoms with Crippen molar-refractivity contribution in [1.82, 2.24) is 4.90 Å². The smallest absolute Gasteiger partial charge is 0.193 e. The Morgan fingerprint density at radius 3 is 2.93 bits per heavy atom. The first-order chi connectivity index (χ1) is 14.0. The first kappa shape index (κ1) is 19.7. The zero-order valence-electron chi connectivity index (χ0n) is 17.2. The fourth-order valence-electron chi connectivity index (χ4n) is 5.66. The molecule has 1 unspecified atom stereocenters. The number of hydrogen-bond donors (Lipinski definition) is 1. The van der Waals surface area contributed by atoms with Gasteiger partial charge in [0.1, 0.15) is 5.54 Å². The molecule has 0 bridgehead atoms. The van der Waals surface area contributed by atoms with Crippen LogP contribution in [0.2, 0.25) is 0 Å². The van der Waals surface area contributed by atoms with Gasteiger partial charge in [-0.2, -0.15) is 5.26 Å². The first-order valence-corrected chi connectivity index (χ1v) is 10.3. The summed E-state index contributed by atoms with van der Waals surface area (Å²) >= 11 is 0. The van der Waals surface area contributed by atoms with E-state index in [2.05, 4.69) is 23.2 Å². The summed E-state index contributed by atoms with van der Waals surface area (Å²) < 4.78 is 5.23. The molecule has 29 heavy (non-hydrogen) atoms. The highest BCUT2D eigenvalue weighted by Gasteiger charge is 2.59. The molecule has 0 aromatic heterocycles. The minimum absolute atomic E-state index is 0.0126. The Morgan fingerprint density at radius 2 is 2.28 bits per heavy atom. The van der Waals surface area contributed by atoms with Gasteiger partial charge < -0.3 is 10.1 Å². The number of Topliss-reactive ketones (excluding diaryl/α,β-unsaturated/α-hetero) is 2. The standard InChI is InChI=1S/C23H27N3O3/c1-4-15-12-26-9-8-23(20(26)10-17(15)18(13-29-3)14(2)27)22(28)21-16(11-24)6-5-7-19(21)25-23/h5-7,13,15,17,20,25H,4,8-10,12H2,1-3H3/b18-13-/t15-,17+,20?,23+/m1/s1. The maximum atomic E-state index is 13.6. The summed E-state index contributed by atoms with van der Waals surface area (Å²) in [4.78, 5) is 28.3. The minimum Gasteiger partial charge on any atom is -0.504 e. The average molecular weight is 393 g/mol. The molecule has 2 fully saturated rings. The average Bonchev–Trinajstić information content (AvgIpc) is 3.22. The Labute approximate surface area is 171 Å². The second-order valence-electron chi connectivity index (χ2n) is 8.40. The number of hydrogen-bond acceptors (Lipinski definition) is 6. The number of nitrogens with one attached hydrogen (secondary N) is 1. The van der Waals surface area contributed by atoms with Crippen LogP contribution in [0.1, 0.15) is 49.0 Å². The number of rotatable bonds is 4. The third-order valence-corrected chi connectivity index (χ3v) is 7.07. The predicted molar refractivity (Wildman–Crippen MR) is 109 cm³/mol. The van der Waals surface area contributed by atoms with E-state index in [4.69, 9.17) is 4.74 Å². The number of benzene rings is 1. The van der Waals surface area contributed by atoms with E-state index in [1.54, 1.807) is 26.4 Å². The van der Waals surface area contributed by atoms with Crippen molar-refractivity contribution in [2.75, 3.05) is 25.5 Å². The number of fused-ring (bicyclic) bond motifs is 3. The fraction of sp³-hybridized carbons (Fsp3) is 0.522. The van der Waals surface area contributed by atoms with E-state index in [-0.39, 0.29) is 23.5 Å². The second-order valence-corrected chi connectivity index (χ2v) is 8.40. The number of methoxy groups -OCH3 is 1. The van der Waals surface area contributed by atoms with Gasteiger partial charge in [-0.25, -0.2) is 0 Å². The molecule has 3 aliphatic heterocycles.